The first-order valence-electron chi connectivity index (χ1n) is 8.61. The van der Waals surface area contributed by atoms with Crippen LogP contribution in [-0.4, -0.2) is 54.5 Å². The van der Waals surface area contributed by atoms with Crippen molar-refractivity contribution in [1.29, 1.82) is 0 Å². The molecule has 3 aliphatic heterocycles. The van der Waals surface area contributed by atoms with Crippen molar-refractivity contribution in [2.75, 3.05) is 26.2 Å². The number of thiophene rings is 1. The molecular formula is C17H23N3O3S. The third-order valence-electron chi connectivity index (χ3n) is 5.00. The number of amides is 1. The normalized spacial score (nSPS) is 29.8. The Morgan fingerprint density at radius 1 is 1.54 bits per heavy atom. The Morgan fingerprint density at radius 3 is 3.29 bits per heavy atom. The van der Waals surface area contributed by atoms with Crippen molar-refractivity contribution in [3.8, 4) is 0 Å². The van der Waals surface area contributed by atoms with Crippen molar-refractivity contribution < 1.29 is 14.4 Å². The van der Waals surface area contributed by atoms with Crippen LogP contribution in [0.5, 0.6) is 0 Å². The first-order chi connectivity index (χ1) is 11.7. The van der Waals surface area contributed by atoms with Gasteiger partial charge in [0.1, 0.15) is 5.71 Å². The summed E-state index contributed by atoms with van der Waals surface area (Å²) in [6, 6.07) is 2.16. The zero-order chi connectivity index (χ0) is 16.4. The van der Waals surface area contributed by atoms with Crippen LogP contribution in [0.15, 0.2) is 22.0 Å². The summed E-state index contributed by atoms with van der Waals surface area (Å²) in [4.78, 5) is 20.4. The highest BCUT2D eigenvalue weighted by Gasteiger charge is 2.46. The minimum Gasteiger partial charge on any atom is -0.387 e. The molecule has 0 unspecified atom stereocenters. The molecule has 7 heteroatoms. The summed E-state index contributed by atoms with van der Waals surface area (Å²) < 4.78 is 5.53. The van der Waals surface area contributed by atoms with Crippen molar-refractivity contribution in [3.63, 3.8) is 0 Å². The molecule has 4 rings (SSSR count). The maximum atomic E-state index is 12.3. The molecule has 1 amide bonds. The van der Waals surface area contributed by atoms with E-state index in [1.807, 2.05) is 0 Å². The number of likely N-dealkylation sites (tertiary alicyclic amines) is 1. The summed E-state index contributed by atoms with van der Waals surface area (Å²) in [5, 5.41) is 11.3. The lowest BCUT2D eigenvalue weighted by molar-refractivity contribution is -0.115. The van der Waals surface area contributed by atoms with E-state index in [1.54, 1.807) is 11.3 Å². The van der Waals surface area contributed by atoms with Crippen molar-refractivity contribution in [2.24, 2.45) is 5.16 Å². The van der Waals surface area contributed by atoms with E-state index >= 15 is 0 Å². The fraction of sp³-hybridized carbons (Fsp3) is 0.647. The Labute approximate surface area is 145 Å². The third kappa shape index (κ3) is 3.48. The van der Waals surface area contributed by atoms with Crippen LogP contribution in [0.3, 0.4) is 0 Å². The smallest absolute Gasteiger partial charge is 0.269 e. The summed E-state index contributed by atoms with van der Waals surface area (Å²) in [5.41, 5.74) is 1.54. The van der Waals surface area contributed by atoms with E-state index in [4.69, 9.17) is 9.57 Å². The number of carbonyl (C=O) groups is 1. The molecule has 1 N–H and O–H groups in total. The Morgan fingerprint density at radius 2 is 2.50 bits per heavy atom. The van der Waals surface area contributed by atoms with Crippen molar-refractivity contribution in [2.45, 2.75) is 43.9 Å². The van der Waals surface area contributed by atoms with E-state index in [2.05, 4.69) is 32.2 Å². The number of rotatable bonds is 5. The van der Waals surface area contributed by atoms with Gasteiger partial charge in [-0.3, -0.25) is 9.69 Å². The van der Waals surface area contributed by atoms with Crippen LogP contribution in [0.2, 0.25) is 0 Å². The summed E-state index contributed by atoms with van der Waals surface area (Å²) in [6.07, 6.45) is 3.77. The van der Waals surface area contributed by atoms with Crippen LogP contribution in [0.25, 0.3) is 0 Å². The molecule has 130 valence electrons. The average molecular weight is 349 g/mol. The van der Waals surface area contributed by atoms with Crippen LogP contribution in [0.4, 0.5) is 0 Å². The van der Waals surface area contributed by atoms with Crippen LogP contribution in [0.1, 0.15) is 31.2 Å². The molecule has 1 aromatic rings. The zero-order valence-electron chi connectivity index (χ0n) is 13.7. The Hall–Kier alpha value is -1.44. The van der Waals surface area contributed by atoms with Gasteiger partial charge in [0.25, 0.3) is 5.91 Å². The quantitative estimate of drug-likeness (QED) is 0.880. The highest BCUT2D eigenvalue weighted by molar-refractivity contribution is 7.07. The number of hydrogen-bond acceptors (Lipinski definition) is 6. The number of carbonyl (C=O) groups excluding carboxylic acids is 1. The standard InChI is InChI=1S/C17H23N3O3S/c21-16(18-9-14-2-1-6-22-14)15-8-17(23-19-15)4-5-20(12-17)10-13-3-7-24-11-13/h3,7,11,14H,1-2,4-6,8-10,12H2,(H,18,21)/t14-,17+/m0/s1. The minimum absolute atomic E-state index is 0.112. The maximum absolute atomic E-state index is 12.3. The summed E-state index contributed by atoms with van der Waals surface area (Å²) in [7, 11) is 0. The molecule has 1 spiro atoms. The van der Waals surface area contributed by atoms with E-state index in [-0.39, 0.29) is 17.6 Å². The highest BCUT2D eigenvalue weighted by Crippen LogP contribution is 2.34. The first-order valence-corrected chi connectivity index (χ1v) is 9.55. The van der Waals surface area contributed by atoms with Crippen LogP contribution < -0.4 is 5.32 Å². The molecule has 0 radical (unpaired) electrons. The molecule has 4 heterocycles. The van der Waals surface area contributed by atoms with E-state index in [0.717, 1.165) is 45.5 Å². The molecule has 6 nitrogen and oxygen atoms in total. The number of hydrogen-bond donors (Lipinski definition) is 1. The molecule has 3 aliphatic rings. The Bertz CT molecular complexity index is 613. The predicted octanol–water partition coefficient (Wildman–Crippen LogP) is 1.76. The third-order valence-corrected chi connectivity index (χ3v) is 5.73. The topological polar surface area (TPSA) is 63.2 Å². The van der Waals surface area contributed by atoms with Gasteiger partial charge in [-0.05, 0) is 35.2 Å². The second kappa shape index (κ2) is 6.82. The lowest BCUT2D eigenvalue weighted by atomic mass is 9.96. The van der Waals surface area contributed by atoms with Crippen LogP contribution in [-0.2, 0) is 20.9 Å². The molecule has 0 aliphatic carbocycles. The van der Waals surface area contributed by atoms with Gasteiger partial charge in [0.05, 0.1) is 6.10 Å². The second-order valence-electron chi connectivity index (χ2n) is 6.93. The van der Waals surface area contributed by atoms with E-state index in [9.17, 15) is 4.79 Å². The Balaban J connectivity index is 1.26. The minimum atomic E-state index is -0.313. The van der Waals surface area contributed by atoms with Gasteiger partial charge in [-0.15, -0.1) is 0 Å². The summed E-state index contributed by atoms with van der Waals surface area (Å²) in [5.74, 6) is -0.112. The van der Waals surface area contributed by atoms with Gasteiger partial charge in [-0.1, -0.05) is 5.16 Å². The largest absolute Gasteiger partial charge is 0.387 e. The van der Waals surface area contributed by atoms with Crippen molar-refractivity contribution in [3.05, 3.63) is 22.4 Å². The SMILES string of the molecule is O=C(NC[C@@H]1CCCO1)C1=NO[C@]2(CCN(Cc3ccsc3)C2)C1. The summed E-state index contributed by atoms with van der Waals surface area (Å²) >= 11 is 1.72. The van der Waals surface area contributed by atoms with Gasteiger partial charge in [-0.25, -0.2) is 0 Å². The fourth-order valence-electron chi connectivity index (χ4n) is 3.68. The lowest BCUT2D eigenvalue weighted by Crippen LogP contribution is -2.39. The Kier molecular flexibility index (Phi) is 4.56. The molecule has 2 atom stereocenters. The maximum Gasteiger partial charge on any atom is 0.269 e. The summed E-state index contributed by atoms with van der Waals surface area (Å²) in [6.45, 7) is 4.11. The van der Waals surface area contributed by atoms with Gasteiger partial charge in [0.15, 0.2) is 5.60 Å². The van der Waals surface area contributed by atoms with Crippen LogP contribution in [0, 0.1) is 0 Å². The first kappa shape index (κ1) is 16.1. The number of oxime groups is 1. The molecule has 0 bridgehead atoms. The molecule has 0 saturated carbocycles. The van der Waals surface area contributed by atoms with Gasteiger partial charge in [0.2, 0.25) is 0 Å². The van der Waals surface area contributed by atoms with Crippen molar-refractivity contribution >= 4 is 23.0 Å². The molecular weight excluding hydrogens is 326 g/mol. The molecule has 2 saturated heterocycles. The molecule has 0 aromatic carbocycles. The lowest BCUT2D eigenvalue weighted by Gasteiger charge is -2.21. The number of ether oxygens (including phenoxy) is 1. The van der Waals surface area contributed by atoms with E-state index in [0.29, 0.717) is 18.7 Å². The monoisotopic (exact) mass is 349 g/mol. The predicted molar refractivity (Wildman–Crippen MR) is 92.1 cm³/mol. The van der Waals surface area contributed by atoms with Gasteiger partial charge >= 0.3 is 0 Å². The van der Waals surface area contributed by atoms with Crippen LogP contribution >= 0.6 is 11.3 Å². The van der Waals surface area contributed by atoms with E-state index < -0.39 is 0 Å². The van der Waals surface area contributed by atoms with E-state index in [1.165, 1.54) is 5.56 Å². The van der Waals surface area contributed by atoms with Gasteiger partial charge < -0.3 is 14.9 Å². The molecule has 24 heavy (non-hydrogen) atoms. The molecule has 1 aromatic heterocycles. The molecule has 2 fully saturated rings. The van der Waals surface area contributed by atoms with Gasteiger partial charge in [0, 0.05) is 45.6 Å². The highest BCUT2D eigenvalue weighted by atomic mass is 32.1. The number of nitrogens with one attached hydrogen (secondary N) is 1. The zero-order valence-corrected chi connectivity index (χ0v) is 14.5. The second-order valence-corrected chi connectivity index (χ2v) is 7.71. The van der Waals surface area contributed by atoms with Gasteiger partial charge in [-0.2, -0.15) is 11.3 Å². The fourth-order valence-corrected chi connectivity index (χ4v) is 4.34. The average Bonchev–Trinajstić information content (AvgIpc) is 3.35. The number of nitrogens with zero attached hydrogens (tertiary/aromatic N) is 2. The van der Waals surface area contributed by atoms with Crippen molar-refractivity contribution in [1.82, 2.24) is 10.2 Å².